The highest BCUT2D eigenvalue weighted by atomic mass is 16.7. The molecular weight excluding hydrogens is 512 g/mol. The molecule has 39 heavy (non-hydrogen) atoms. The van der Waals surface area contributed by atoms with Crippen LogP contribution >= 0.6 is 0 Å². The molecule has 1 fully saturated rings. The average molecular weight is 547 g/mol. The fourth-order valence-corrected chi connectivity index (χ4v) is 5.24. The number of allylic oxidation sites excluding steroid dienone is 2. The molecule has 2 aromatic rings. The molecule has 0 spiro atoms. The van der Waals surface area contributed by atoms with Gasteiger partial charge in [-0.15, -0.1) is 0 Å². The molecule has 4 rings (SSSR count). The number of fused-ring (bicyclic) bond motifs is 1. The summed E-state index contributed by atoms with van der Waals surface area (Å²) in [4.78, 5) is 37.1. The topological polar surface area (TPSA) is 180 Å². The summed E-state index contributed by atoms with van der Waals surface area (Å²) in [6, 6.07) is 2.94. The third-order valence-electron chi connectivity index (χ3n) is 7.62. The summed E-state index contributed by atoms with van der Waals surface area (Å²) < 4.78 is 27.9. The number of nitrogens with two attached hydrogens (primary N) is 1. The number of hydrogen-bond acceptors (Lipinski definition) is 10. The number of rotatable bonds is 6. The largest absolute Gasteiger partial charge is 0.505 e. The number of aliphatic hydroxyl groups is 1. The summed E-state index contributed by atoms with van der Waals surface area (Å²) >= 11 is 0. The second kappa shape index (κ2) is 10.5. The van der Waals surface area contributed by atoms with Gasteiger partial charge in [0.05, 0.1) is 11.0 Å². The molecule has 2 heterocycles. The summed E-state index contributed by atoms with van der Waals surface area (Å²) in [6.07, 6.45) is -3.44. The Morgan fingerprint density at radius 2 is 1.92 bits per heavy atom. The second-order valence-corrected chi connectivity index (χ2v) is 10.5. The Balaban J connectivity index is 1.63. The summed E-state index contributed by atoms with van der Waals surface area (Å²) in [7, 11) is 1.38. The number of aliphatic hydroxyl groups excluding tert-OH is 1. The van der Waals surface area contributed by atoms with Gasteiger partial charge in [-0.2, -0.15) is 0 Å². The Morgan fingerprint density at radius 3 is 2.51 bits per heavy atom. The number of carbonyl (C=O) groups is 2. The molecule has 6 atom stereocenters. The molecule has 0 saturated carbocycles. The van der Waals surface area contributed by atoms with E-state index >= 15 is 0 Å². The molecule has 5 N–H and O–H groups in total. The van der Waals surface area contributed by atoms with Crippen LogP contribution in [0, 0.1) is 18.8 Å². The lowest BCUT2D eigenvalue weighted by molar-refractivity contribution is -0.304. The minimum atomic E-state index is -1.49. The van der Waals surface area contributed by atoms with Crippen molar-refractivity contribution in [2.45, 2.75) is 71.2 Å². The molecule has 1 saturated heterocycles. The van der Waals surface area contributed by atoms with Crippen LogP contribution in [0.4, 0.5) is 10.5 Å². The Bertz CT molecular complexity index is 1380. The van der Waals surface area contributed by atoms with Gasteiger partial charge in [0.2, 0.25) is 12.2 Å². The molecule has 1 aromatic carbocycles. The fraction of sp³-hybridized carbons (Fsp3) is 0.519. The molecule has 12 nitrogen and oxygen atoms in total. The van der Waals surface area contributed by atoms with E-state index < -0.39 is 47.7 Å². The zero-order valence-corrected chi connectivity index (χ0v) is 22.6. The molecule has 12 heteroatoms. The lowest BCUT2D eigenvalue weighted by atomic mass is 9.89. The second-order valence-electron chi connectivity index (χ2n) is 10.5. The number of nitrogens with one attached hydrogen (secondary N) is 1. The highest BCUT2D eigenvalue weighted by Gasteiger charge is 2.53. The van der Waals surface area contributed by atoms with E-state index in [0.717, 1.165) is 5.57 Å². The number of primary amides is 1. The first-order valence-electron chi connectivity index (χ1n) is 12.5. The smallest absolute Gasteiger partial charge is 0.404 e. The number of aryl methyl sites for hydroxylation is 1. The standard InChI is InChI=1S/C27H34N2O10/c1-11-7-8-14(12(11)2)23(32)29-17-18(30)15-9-10-16(13(3)20(15)37-24(17)33)36-25-19(31)21(38-26(28)34)22(35-6)27(4,5)39-25/h7,9-10,12,14,19,21-22,25,30-31H,8H2,1-6H3,(H2,28,34)(H,29,32)/t12?,14?,19-,21+,22-,25-/m1/s1. The van der Waals surface area contributed by atoms with Gasteiger partial charge >= 0.3 is 11.7 Å². The Morgan fingerprint density at radius 1 is 1.23 bits per heavy atom. The molecular formula is C27H34N2O10. The highest BCUT2D eigenvalue weighted by molar-refractivity contribution is 5.99. The van der Waals surface area contributed by atoms with Crippen molar-refractivity contribution in [3.05, 3.63) is 39.8 Å². The molecule has 1 aliphatic heterocycles. The van der Waals surface area contributed by atoms with Crippen LogP contribution < -0.4 is 21.4 Å². The Kier molecular flexibility index (Phi) is 7.66. The van der Waals surface area contributed by atoms with Gasteiger partial charge in [0.25, 0.3) is 0 Å². The molecule has 2 unspecified atom stereocenters. The third-order valence-corrected chi connectivity index (χ3v) is 7.62. The van der Waals surface area contributed by atoms with Gasteiger partial charge in [0.15, 0.2) is 23.6 Å². The van der Waals surface area contributed by atoms with Crippen molar-refractivity contribution in [1.29, 1.82) is 0 Å². The average Bonchev–Trinajstić information content (AvgIpc) is 3.19. The first-order valence-corrected chi connectivity index (χ1v) is 12.5. The van der Waals surface area contributed by atoms with Crippen LogP contribution in [-0.2, 0) is 19.0 Å². The van der Waals surface area contributed by atoms with Crippen molar-refractivity contribution in [2.75, 3.05) is 12.4 Å². The van der Waals surface area contributed by atoms with E-state index in [2.05, 4.69) is 5.32 Å². The summed E-state index contributed by atoms with van der Waals surface area (Å²) in [5.74, 6) is -1.01. The van der Waals surface area contributed by atoms with Crippen molar-refractivity contribution < 1.29 is 43.2 Å². The monoisotopic (exact) mass is 546 g/mol. The predicted molar refractivity (Wildman–Crippen MR) is 139 cm³/mol. The SMILES string of the molecule is CO[C@@H]1[C@@H](OC(N)=O)[C@@H](O)[C@H](Oc2ccc3c(O)c(NC(=O)C4CC=C(C)C4C)c(=O)oc3c2C)OC1(C)C. The number of ether oxygens (including phenoxy) is 4. The molecule has 2 aliphatic rings. The molecule has 212 valence electrons. The van der Waals surface area contributed by atoms with Crippen LogP contribution in [0.3, 0.4) is 0 Å². The van der Waals surface area contributed by atoms with Crippen molar-refractivity contribution >= 4 is 28.7 Å². The maximum atomic E-state index is 12.8. The molecule has 2 amide bonds. The van der Waals surface area contributed by atoms with Crippen molar-refractivity contribution in [3.8, 4) is 11.5 Å². The number of hydrogen-bond donors (Lipinski definition) is 4. The Labute approximate surface area is 224 Å². The maximum Gasteiger partial charge on any atom is 0.404 e. The van der Waals surface area contributed by atoms with Gasteiger partial charge in [-0.1, -0.05) is 18.6 Å². The number of anilines is 1. The van der Waals surface area contributed by atoms with Crippen LogP contribution in [0.15, 0.2) is 33.0 Å². The minimum absolute atomic E-state index is 0.0102. The molecule has 0 bridgehead atoms. The number of benzene rings is 1. The van der Waals surface area contributed by atoms with Gasteiger partial charge in [-0.25, -0.2) is 9.59 Å². The van der Waals surface area contributed by atoms with E-state index in [1.54, 1.807) is 20.8 Å². The van der Waals surface area contributed by atoms with Gasteiger partial charge in [0, 0.05) is 18.6 Å². The van der Waals surface area contributed by atoms with Crippen molar-refractivity contribution in [3.63, 3.8) is 0 Å². The van der Waals surface area contributed by atoms with Crippen LogP contribution in [0.5, 0.6) is 11.5 Å². The number of aromatic hydroxyl groups is 1. The summed E-state index contributed by atoms with van der Waals surface area (Å²) in [6.45, 7) is 8.81. The van der Waals surface area contributed by atoms with E-state index in [9.17, 15) is 24.6 Å². The highest BCUT2D eigenvalue weighted by Crippen LogP contribution is 2.39. The normalized spacial score (nSPS) is 28.1. The van der Waals surface area contributed by atoms with Crippen molar-refractivity contribution in [1.82, 2.24) is 0 Å². The number of amides is 2. The van der Waals surface area contributed by atoms with Gasteiger partial charge in [-0.3, -0.25) is 4.79 Å². The zero-order chi connectivity index (χ0) is 28.8. The van der Waals surface area contributed by atoms with Crippen LogP contribution in [0.1, 0.15) is 39.7 Å². The Hall–Kier alpha value is -3.61. The molecule has 0 radical (unpaired) electrons. The maximum absolute atomic E-state index is 12.8. The number of carbonyl (C=O) groups excluding carboxylic acids is 2. The lowest BCUT2D eigenvalue weighted by Crippen LogP contribution is -2.65. The first-order chi connectivity index (χ1) is 18.3. The van der Waals surface area contributed by atoms with E-state index in [0.29, 0.717) is 12.0 Å². The summed E-state index contributed by atoms with van der Waals surface area (Å²) in [5.41, 5.74) is 4.27. The van der Waals surface area contributed by atoms with Crippen LogP contribution in [0.25, 0.3) is 11.0 Å². The predicted octanol–water partition coefficient (Wildman–Crippen LogP) is 2.70. The molecule has 1 aliphatic carbocycles. The van der Waals surface area contributed by atoms with E-state index in [4.69, 9.17) is 29.1 Å². The van der Waals surface area contributed by atoms with Crippen LogP contribution in [0.2, 0.25) is 0 Å². The van der Waals surface area contributed by atoms with E-state index in [1.165, 1.54) is 19.2 Å². The quantitative estimate of drug-likeness (QED) is 0.311. The van der Waals surface area contributed by atoms with Crippen LogP contribution in [-0.4, -0.2) is 59.5 Å². The van der Waals surface area contributed by atoms with E-state index in [-0.39, 0.29) is 40.1 Å². The van der Waals surface area contributed by atoms with Gasteiger partial charge < -0.3 is 44.6 Å². The minimum Gasteiger partial charge on any atom is -0.505 e. The lowest BCUT2D eigenvalue weighted by Gasteiger charge is -2.47. The van der Waals surface area contributed by atoms with Gasteiger partial charge in [-0.05, 0) is 52.2 Å². The fourth-order valence-electron chi connectivity index (χ4n) is 5.24. The third kappa shape index (κ3) is 5.19. The first kappa shape index (κ1) is 28.4. The zero-order valence-electron chi connectivity index (χ0n) is 22.6. The molecule has 1 aromatic heterocycles. The summed E-state index contributed by atoms with van der Waals surface area (Å²) in [5, 5.41) is 24.5. The van der Waals surface area contributed by atoms with Gasteiger partial charge in [0.1, 0.15) is 17.4 Å². The van der Waals surface area contributed by atoms with E-state index in [1.807, 2.05) is 19.9 Å². The number of methoxy groups -OCH3 is 1. The van der Waals surface area contributed by atoms with Crippen molar-refractivity contribution in [2.24, 2.45) is 17.6 Å².